The number of guanidine groups is 2. The molecule has 0 aliphatic rings. The van der Waals surface area contributed by atoms with Crippen LogP contribution in [0.3, 0.4) is 0 Å². The maximum absolute atomic E-state index is 9.60. The van der Waals surface area contributed by atoms with Gasteiger partial charge in [0.15, 0.2) is 0 Å². The highest BCUT2D eigenvalue weighted by Crippen LogP contribution is 2.15. The van der Waals surface area contributed by atoms with Crippen molar-refractivity contribution in [3.05, 3.63) is 29.3 Å². The SMILES string of the molecule is NC(N)=N/N=C\c1cc(/C=N/N=C(N)N)ccc1O. The van der Waals surface area contributed by atoms with E-state index in [9.17, 15) is 5.11 Å². The van der Waals surface area contributed by atoms with E-state index in [4.69, 9.17) is 22.9 Å². The van der Waals surface area contributed by atoms with Gasteiger partial charge in [-0.25, -0.2) is 0 Å². The number of aromatic hydroxyl groups is 1. The first-order valence-electron chi connectivity index (χ1n) is 5.06. The molecule has 0 amide bonds. The molecule has 0 saturated heterocycles. The number of phenols is 1. The van der Waals surface area contributed by atoms with E-state index in [1.54, 1.807) is 12.1 Å². The molecule has 9 N–H and O–H groups in total. The molecular formula is C10H14N8O. The maximum atomic E-state index is 9.60. The topological polar surface area (TPSA) is 174 Å². The summed E-state index contributed by atoms with van der Waals surface area (Å²) in [5, 5.41) is 23.7. The first kappa shape index (κ1) is 14.0. The van der Waals surface area contributed by atoms with Crippen LogP contribution in [0.4, 0.5) is 0 Å². The third kappa shape index (κ3) is 5.17. The predicted molar refractivity (Wildman–Crippen MR) is 74.9 cm³/mol. The second kappa shape index (κ2) is 6.59. The number of hydrogen-bond donors (Lipinski definition) is 5. The summed E-state index contributed by atoms with van der Waals surface area (Å²) in [5.74, 6) is -0.306. The molecule has 0 saturated carbocycles. The molecule has 0 radical (unpaired) electrons. The van der Waals surface area contributed by atoms with Crippen LogP contribution in [0, 0.1) is 0 Å². The first-order valence-corrected chi connectivity index (χ1v) is 5.06. The Morgan fingerprint density at radius 1 is 0.947 bits per heavy atom. The van der Waals surface area contributed by atoms with E-state index in [-0.39, 0.29) is 17.7 Å². The van der Waals surface area contributed by atoms with Gasteiger partial charge in [0, 0.05) is 5.56 Å². The van der Waals surface area contributed by atoms with Crippen molar-refractivity contribution >= 4 is 24.3 Å². The highest BCUT2D eigenvalue weighted by Gasteiger charge is 1.99. The smallest absolute Gasteiger partial charge is 0.211 e. The summed E-state index contributed by atoms with van der Waals surface area (Å²) in [6.45, 7) is 0. The molecule has 1 aromatic carbocycles. The fourth-order valence-corrected chi connectivity index (χ4v) is 1.08. The molecule has 0 aromatic heterocycles. The Morgan fingerprint density at radius 3 is 2.11 bits per heavy atom. The molecule has 19 heavy (non-hydrogen) atoms. The molecule has 1 rings (SSSR count). The highest BCUT2D eigenvalue weighted by molar-refractivity contribution is 5.89. The lowest BCUT2D eigenvalue weighted by Crippen LogP contribution is -2.21. The Hall–Kier alpha value is -3.10. The number of benzene rings is 1. The van der Waals surface area contributed by atoms with Crippen LogP contribution in [-0.2, 0) is 0 Å². The van der Waals surface area contributed by atoms with Crippen LogP contribution >= 0.6 is 0 Å². The summed E-state index contributed by atoms with van der Waals surface area (Å²) in [6.07, 6.45) is 2.71. The van der Waals surface area contributed by atoms with Gasteiger partial charge in [-0.2, -0.15) is 10.2 Å². The van der Waals surface area contributed by atoms with E-state index in [0.29, 0.717) is 11.1 Å². The number of rotatable bonds is 4. The van der Waals surface area contributed by atoms with E-state index >= 15 is 0 Å². The number of nitrogens with zero attached hydrogens (tertiary/aromatic N) is 4. The van der Waals surface area contributed by atoms with Crippen molar-refractivity contribution in [2.24, 2.45) is 43.3 Å². The quantitative estimate of drug-likeness (QED) is 0.254. The Kier molecular flexibility index (Phi) is 4.84. The van der Waals surface area contributed by atoms with Crippen molar-refractivity contribution in [1.29, 1.82) is 0 Å². The Balaban J connectivity index is 2.94. The summed E-state index contributed by atoms with van der Waals surface area (Å²) in [4.78, 5) is 0. The minimum Gasteiger partial charge on any atom is -0.507 e. The van der Waals surface area contributed by atoms with Crippen molar-refractivity contribution in [3.63, 3.8) is 0 Å². The van der Waals surface area contributed by atoms with Crippen LogP contribution in [0.15, 0.2) is 38.6 Å². The third-order valence-corrected chi connectivity index (χ3v) is 1.80. The van der Waals surface area contributed by atoms with E-state index in [1.807, 2.05) is 0 Å². The lowest BCUT2D eigenvalue weighted by Gasteiger charge is -1.99. The second-order valence-electron chi connectivity index (χ2n) is 3.36. The van der Waals surface area contributed by atoms with E-state index in [0.717, 1.165) is 0 Å². The molecule has 0 aliphatic carbocycles. The molecule has 1 aromatic rings. The third-order valence-electron chi connectivity index (χ3n) is 1.80. The molecule has 0 aliphatic heterocycles. The fourth-order valence-electron chi connectivity index (χ4n) is 1.08. The average molecular weight is 262 g/mol. The van der Waals surface area contributed by atoms with Crippen LogP contribution in [0.5, 0.6) is 5.75 Å². The van der Waals surface area contributed by atoms with Gasteiger partial charge in [0.2, 0.25) is 11.9 Å². The van der Waals surface area contributed by atoms with E-state index < -0.39 is 0 Å². The van der Waals surface area contributed by atoms with E-state index in [1.165, 1.54) is 18.5 Å². The summed E-state index contributed by atoms with van der Waals surface area (Å²) in [5.41, 5.74) is 21.5. The highest BCUT2D eigenvalue weighted by atomic mass is 16.3. The molecule has 0 heterocycles. The molecule has 100 valence electrons. The number of nitrogens with two attached hydrogens (primary N) is 4. The van der Waals surface area contributed by atoms with E-state index in [2.05, 4.69) is 20.4 Å². The van der Waals surface area contributed by atoms with Gasteiger partial charge >= 0.3 is 0 Å². The van der Waals surface area contributed by atoms with Gasteiger partial charge < -0.3 is 28.0 Å². The predicted octanol–water partition coefficient (Wildman–Crippen LogP) is -1.39. The normalized spacial score (nSPS) is 10.7. The molecule has 0 fully saturated rings. The summed E-state index contributed by atoms with van der Waals surface area (Å²) >= 11 is 0. The molecule has 9 heteroatoms. The van der Waals surface area contributed by atoms with Crippen molar-refractivity contribution in [1.82, 2.24) is 0 Å². The van der Waals surface area contributed by atoms with Crippen molar-refractivity contribution in [2.75, 3.05) is 0 Å². The molecule has 9 nitrogen and oxygen atoms in total. The molecule has 0 atom stereocenters. The first-order chi connectivity index (χ1) is 8.99. The number of hydrogen-bond acceptors (Lipinski definition) is 5. The Labute approximate surface area is 109 Å². The standard InChI is InChI=1S/C10H14N8O/c11-9(12)17-15-4-6-1-2-8(19)7(3-6)5-16-18-10(13)14/h1-5,19H,(H4,11,12,17)(H4,13,14,18)/b15-4+,16-5-. The zero-order chi connectivity index (χ0) is 14.3. The summed E-state index contributed by atoms with van der Waals surface area (Å²) < 4.78 is 0. The zero-order valence-corrected chi connectivity index (χ0v) is 9.93. The lowest BCUT2D eigenvalue weighted by molar-refractivity contribution is 0.474. The van der Waals surface area contributed by atoms with Gasteiger partial charge in [-0.1, -0.05) is 0 Å². The van der Waals surface area contributed by atoms with Gasteiger partial charge in [-0.05, 0) is 23.8 Å². The minimum absolute atomic E-state index is 0.0218. The van der Waals surface area contributed by atoms with Crippen LogP contribution < -0.4 is 22.9 Å². The van der Waals surface area contributed by atoms with Crippen LogP contribution in [-0.4, -0.2) is 29.5 Å². The summed E-state index contributed by atoms with van der Waals surface area (Å²) in [6, 6.07) is 4.69. The van der Waals surface area contributed by atoms with Crippen molar-refractivity contribution < 1.29 is 5.11 Å². The largest absolute Gasteiger partial charge is 0.507 e. The Morgan fingerprint density at radius 2 is 1.53 bits per heavy atom. The van der Waals surface area contributed by atoms with Crippen molar-refractivity contribution in [2.45, 2.75) is 0 Å². The molecule has 0 spiro atoms. The van der Waals surface area contributed by atoms with Crippen molar-refractivity contribution in [3.8, 4) is 5.75 Å². The molecular weight excluding hydrogens is 248 g/mol. The van der Waals surface area contributed by atoms with Gasteiger partial charge in [0.25, 0.3) is 0 Å². The molecule has 0 bridgehead atoms. The zero-order valence-electron chi connectivity index (χ0n) is 9.93. The Bertz CT molecular complexity index is 553. The van der Waals surface area contributed by atoms with Crippen LogP contribution in [0.2, 0.25) is 0 Å². The van der Waals surface area contributed by atoms with Gasteiger partial charge in [-0.3, -0.25) is 0 Å². The maximum Gasteiger partial charge on any atom is 0.211 e. The van der Waals surface area contributed by atoms with Crippen LogP contribution in [0.25, 0.3) is 0 Å². The molecule has 0 unspecified atom stereocenters. The second-order valence-corrected chi connectivity index (χ2v) is 3.36. The lowest BCUT2D eigenvalue weighted by atomic mass is 10.1. The monoisotopic (exact) mass is 262 g/mol. The minimum atomic E-state index is -0.179. The van der Waals surface area contributed by atoms with Gasteiger partial charge in [0.1, 0.15) is 5.75 Å². The fraction of sp³-hybridized carbons (Fsp3) is 0. The van der Waals surface area contributed by atoms with Crippen LogP contribution in [0.1, 0.15) is 11.1 Å². The van der Waals surface area contributed by atoms with Gasteiger partial charge in [0.05, 0.1) is 12.4 Å². The average Bonchev–Trinajstić information content (AvgIpc) is 2.32. The number of phenolic OH excluding ortho intramolecular Hbond substituents is 1. The summed E-state index contributed by atoms with van der Waals surface area (Å²) in [7, 11) is 0. The van der Waals surface area contributed by atoms with Gasteiger partial charge in [-0.15, -0.1) is 10.2 Å².